The number of fused-ring (bicyclic) bond motifs is 1. The van der Waals surface area contributed by atoms with Crippen molar-refractivity contribution in [2.45, 2.75) is 13.0 Å². The van der Waals surface area contributed by atoms with E-state index >= 15 is 0 Å². The molecule has 3 rings (SSSR count). The lowest BCUT2D eigenvalue weighted by Crippen LogP contribution is -2.45. The van der Waals surface area contributed by atoms with E-state index < -0.39 is 16.1 Å². The summed E-state index contributed by atoms with van der Waals surface area (Å²) in [6.07, 6.45) is 0.645. The van der Waals surface area contributed by atoms with E-state index in [9.17, 15) is 13.2 Å². The van der Waals surface area contributed by atoms with Crippen molar-refractivity contribution in [1.82, 2.24) is 9.03 Å². The van der Waals surface area contributed by atoms with Crippen LogP contribution < -0.4 is 4.72 Å². The third-order valence-corrected chi connectivity index (χ3v) is 6.05. The Balaban J connectivity index is 1.76. The molecule has 0 saturated carbocycles. The molecule has 0 radical (unpaired) electrons. The molecule has 2 heterocycles. The standard InChI is InChI=1S/C15H13N3O3S2/c16-9-11-2-1-3-12(8-11)15(19)17-23(20,21)18-6-4-14-13(10-18)5-7-22-14/h1-3,5,7-8H,4,6,10H2,(H,17,19). The molecule has 0 bridgehead atoms. The second-order valence-corrected chi connectivity index (χ2v) is 7.75. The first-order valence-corrected chi connectivity index (χ1v) is 9.19. The summed E-state index contributed by atoms with van der Waals surface area (Å²) in [5.41, 5.74) is 1.42. The van der Waals surface area contributed by atoms with Crippen molar-refractivity contribution in [3.8, 4) is 6.07 Å². The van der Waals surface area contributed by atoms with Gasteiger partial charge in [-0.05, 0) is 41.6 Å². The molecule has 0 spiro atoms. The predicted molar refractivity (Wildman–Crippen MR) is 86.0 cm³/mol. The Bertz CT molecular complexity index is 897. The van der Waals surface area contributed by atoms with Crippen molar-refractivity contribution >= 4 is 27.5 Å². The molecule has 118 valence electrons. The van der Waals surface area contributed by atoms with Gasteiger partial charge in [0.25, 0.3) is 5.91 Å². The van der Waals surface area contributed by atoms with E-state index in [4.69, 9.17) is 5.26 Å². The summed E-state index contributed by atoms with van der Waals surface area (Å²) in [6, 6.07) is 9.74. The average molecular weight is 347 g/mol. The highest BCUT2D eigenvalue weighted by molar-refractivity contribution is 7.87. The highest BCUT2D eigenvalue weighted by Gasteiger charge is 2.29. The molecule has 1 aromatic carbocycles. The van der Waals surface area contributed by atoms with Crippen LogP contribution in [0.25, 0.3) is 0 Å². The van der Waals surface area contributed by atoms with E-state index in [1.165, 1.54) is 21.3 Å². The molecule has 1 N–H and O–H groups in total. The fourth-order valence-electron chi connectivity index (χ4n) is 2.40. The number of nitrogens with zero attached hydrogens (tertiary/aromatic N) is 2. The summed E-state index contributed by atoms with van der Waals surface area (Å²) in [6.45, 7) is 0.605. The summed E-state index contributed by atoms with van der Waals surface area (Å²) >= 11 is 1.61. The van der Waals surface area contributed by atoms with Gasteiger partial charge in [0.2, 0.25) is 0 Å². The molecule has 1 aliphatic heterocycles. The second-order valence-electron chi connectivity index (χ2n) is 5.08. The molecule has 1 aliphatic rings. The van der Waals surface area contributed by atoms with Crippen molar-refractivity contribution < 1.29 is 13.2 Å². The Hall–Kier alpha value is -2.21. The second kappa shape index (κ2) is 6.12. The zero-order valence-corrected chi connectivity index (χ0v) is 13.7. The van der Waals surface area contributed by atoms with Crippen molar-refractivity contribution in [2.24, 2.45) is 0 Å². The van der Waals surface area contributed by atoms with Gasteiger partial charge in [-0.3, -0.25) is 4.79 Å². The summed E-state index contributed by atoms with van der Waals surface area (Å²) in [7, 11) is -3.92. The fourth-order valence-corrected chi connectivity index (χ4v) is 4.41. The first-order chi connectivity index (χ1) is 11.0. The molecule has 6 nitrogen and oxygen atoms in total. The molecule has 23 heavy (non-hydrogen) atoms. The lowest BCUT2D eigenvalue weighted by molar-refractivity contribution is 0.0978. The first kappa shape index (κ1) is 15.7. The zero-order valence-electron chi connectivity index (χ0n) is 12.0. The Morgan fingerprint density at radius 3 is 2.96 bits per heavy atom. The summed E-state index contributed by atoms with van der Waals surface area (Å²) in [4.78, 5) is 13.3. The van der Waals surface area contributed by atoms with E-state index in [0.29, 0.717) is 18.5 Å². The number of hydrogen-bond donors (Lipinski definition) is 1. The Morgan fingerprint density at radius 2 is 2.17 bits per heavy atom. The number of benzene rings is 1. The van der Waals surface area contributed by atoms with E-state index in [0.717, 1.165) is 5.56 Å². The van der Waals surface area contributed by atoms with Gasteiger partial charge in [0, 0.05) is 23.5 Å². The number of carbonyl (C=O) groups excluding carboxylic acids is 1. The van der Waals surface area contributed by atoms with Gasteiger partial charge in [-0.1, -0.05) is 6.07 Å². The summed E-state index contributed by atoms with van der Waals surface area (Å²) in [5.74, 6) is -0.738. The van der Waals surface area contributed by atoms with Gasteiger partial charge in [-0.15, -0.1) is 11.3 Å². The van der Waals surface area contributed by atoms with Gasteiger partial charge < -0.3 is 0 Å². The zero-order chi connectivity index (χ0) is 16.4. The third kappa shape index (κ3) is 3.27. The van der Waals surface area contributed by atoms with Gasteiger partial charge in [0.15, 0.2) is 0 Å². The van der Waals surface area contributed by atoms with Crippen LogP contribution in [0.15, 0.2) is 35.7 Å². The van der Waals surface area contributed by atoms with Crippen LogP contribution in [0.3, 0.4) is 0 Å². The minimum absolute atomic E-state index is 0.140. The minimum atomic E-state index is -3.92. The highest BCUT2D eigenvalue weighted by Crippen LogP contribution is 2.25. The van der Waals surface area contributed by atoms with Gasteiger partial charge in [0.1, 0.15) is 0 Å². The number of carbonyl (C=O) groups is 1. The number of thiophene rings is 1. The van der Waals surface area contributed by atoms with Crippen molar-refractivity contribution in [1.29, 1.82) is 5.26 Å². The monoisotopic (exact) mass is 347 g/mol. The molecule has 8 heteroatoms. The van der Waals surface area contributed by atoms with Crippen LogP contribution in [0.5, 0.6) is 0 Å². The Labute approximate surface area is 138 Å². The van der Waals surface area contributed by atoms with Crippen molar-refractivity contribution in [2.75, 3.05) is 6.54 Å². The molecule has 0 saturated heterocycles. The highest BCUT2D eigenvalue weighted by atomic mass is 32.2. The number of hydrogen-bond acceptors (Lipinski definition) is 5. The largest absolute Gasteiger partial charge is 0.304 e. The Morgan fingerprint density at radius 1 is 1.35 bits per heavy atom. The number of amides is 1. The Kier molecular flexibility index (Phi) is 4.17. The smallest absolute Gasteiger partial charge is 0.268 e. The van der Waals surface area contributed by atoms with Gasteiger partial charge >= 0.3 is 10.2 Å². The van der Waals surface area contributed by atoms with Gasteiger partial charge in [-0.25, -0.2) is 4.72 Å². The fraction of sp³-hybridized carbons (Fsp3) is 0.200. The molecule has 0 aliphatic carbocycles. The van der Waals surface area contributed by atoms with Crippen molar-refractivity contribution in [3.63, 3.8) is 0 Å². The van der Waals surface area contributed by atoms with E-state index in [1.54, 1.807) is 23.5 Å². The topological polar surface area (TPSA) is 90.3 Å². The molecule has 0 fully saturated rings. The lowest BCUT2D eigenvalue weighted by atomic mass is 10.1. The molecular weight excluding hydrogens is 334 g/mol. The van der Waals surface area contributed by atoms with Crippen molar-refractivity contribution in [3.05, 3.63) is 57.3 Å². The first-order valence-electron chi connectivity index (χ1n) is 6.87. The maximum atomic E-state index is 12.4. The van der Waals surface area contributed by atoms with Crippen LogP contribution in [0, 0.1) is 11.3 Å². The average Bonchev–Trinajstić information content (AvgIpc) is 3.02. The normalized spacial score (nSPS) is 14.7. The van der Waals surface area contributed by atoms with Gasteiger partial charge in [0.05, 0.1) is 11.6 Å². The number of rotatable bonds is 3. The van der Waals surface area contributed by atoms with E-state index in [-0.39, 0.29) is 12.1 Å². The van der Waals surface area contributed by atoms with E-state index in [2.05, 4.69) is 4.72 Å². The third-order valence-electron chi connectivity index (χ3n) is 3.59. The molecule has 2 aromatic rings. The minimum Gasteiger partial charge on any atom is -0.268 e. The van der Waals surface area contributed by atoms with Crippen LogP contribution in [0.4, 0.5) is 0 Å². The molecule has 1 aromatic heterocycles. The molecule has 0 atom stereocenters. The SMILES string of the molecule is N#Cc1cccc(C(=O)NS(=O)(=O)N2CCc3sccc3C2)c1. The van der Waals surface area contributed by atoms with Crippen LogP contribution in [0.1, 0.15) is 26.4 Å². The van der Waals surface area contributed by atoms with Crippen LogP contribution >= 0.6 is 11.3 Å². The molecule has 1 amide bonds. The van der Waals surface area contributed by atoms with Crippen LogP contribution in [-0.4, -0.2) is 25.2 Å². The maximum absolute atomic E-state index is 12.4. The van der Waals surface area contributed by atoms with E-state index in [1.807, 2.05) is 17.5 Å². The lowest BCUT2D eigenvalue weighted by Gasteiger charge is -2.26. The maximum Gasteiger partial charge on any atom is 0.304 e. The van der Waals surface area contributed by atoms with Gasteiger partial charge in [-0.2, -0.15) is 18.0 Å². The predicted octanol–water partition coefficient (Wildman–Crippen LogP) is 1.65. The molecule has 0 unspecified atom stereocenters. The number of nitrogens with one attached hydrogen (secondary N) is 1. The molecular formula is C15H13N3O3S2. The quantitative estimate of drug-likeness (QED) is 0.914. The summed E-state index contributed by atoms with van der Waals surface area (Å²) in [5, 5.41) is 10.8. The van der Waals surface area contributed by atoms with Crippen LogP contribution in [0.2, 0.25) is 0 Å². The summed E-state index contributed by atoms with van der Waals surface area (Å²) < 4.78 is 28.1. The number of nitriles is 1. The van der Waals surface area contributed by atoms with Crippen LogP contribution in [-0.2, 0) is 23.2 Å².